The molecule has 94 valence electrons. The van der Waals surface area contributed by atoms with Gasteiger partial charge in [0.1, 0.15) is 0 Å². The monoisotopic (exact) mass is 257 g/mol. The first-order valence-corrected chi connectivity index (χ1v) is 7.08. The molecule has 1 nitrogen and oxygen atoms in total. The lowest BCUT2D eigenvalue weighted by Crippen LogP contribution is -2.22. The van der Waals surface area contributed by atoms with Gasteiger partial charge >= 0.3 is 0 Å². The van der Waals surface area contributed by atoms with Crippen LogP contribution in [-0.4, -0.2) is 6.04 Å². The van der Waals surface area contributed by atoms with E-state index in [4.69, 9.17) is 5.73 Å². The topological polar surface area (TPSA) is 26.0 Å². The van der Waals surface area contributed by atoms with Crippen LogP contribution in [0.25, 0.3) is 0 Å². The summed E-state index contributed by atoms with van der Waals surface area (Å²) < 4.78 is 0. The van der Waals surface area contributed by atoms with Crippen LogP contribution in [0.5, 0.6) is 0 Å². The molecule has 0 spiro atoms. The van der Waals surface area contributed by atoms with E-state index in [0.29, 0.717) is 5.25 Å². The Morgan fingerprint density at radius 1 is 1.00 bits per heavy atom. The molecule has 0 bridgehead atoms. The fourth-order valence-corrected chi connectivity index (χ4v) is 3.08. The number of hydrogen-bond acceptors (Lipinski definition) is 2. The first kappa shape index (κ1) is 13.2. The van der Waals surface area contributed by atoms with Gasteiger partial charge in [-0.2, -0.15) is 0 Å². The maximum atomic E-state index is 6.15. The largest absolute Gasteiger partial charge is 0.327 e. The highest BCUT2D eigenvalue weighted by Crippen LogP contribution is 2.37. The zero-order valence-electron chi connectivity index (χ0n) is 10.8. The molecular weight excluding hydrogens is 238 g/mol. The third-order valence-electron chi connectivity index (χ3n) is 2.85. The summed E-state index contributed by atoms with van der Waals surface area (Å²) in [5, 5.41) is 0.298. The van der Waals surface area contributed by atoms with E-state index in [0.717, 1.165) is 0 Å². The molecule has 0 aliphatic rings. The Bertz CT molecular complexity index is 493. The second-order valence-corrected chi connectivity index (χ2v) is 5.84. The summed E-state index contributed by atoms with van der Waals surface area (Å²) in [4.78, 5) is 1.27. The molecule has 0 fully saturated rings. The predicted molar refractivity (Wildman–Crippen MR) is 79.9 cm³/mol. The van der Waals surface area contributed by atoms with Gasteiger partial charge in [0.2, 0.25) is 0 Å². The molecule has 0 amide bonds. The Morgan fingerprint density at radius 2 is 1.72 bits per heavy atom. The standard InChI is InChI=1S/C16H19NS/c1-12-7-6-8-14(11-12)16(13(2)17)18-15-9-4-3-5-10-15/h3-11,13,16H,17H2,1-2H3. The smallest absolute Gasteiger partial charge is 0.0492 e. The summed E-state index contributed by atoms with van der Waals surface area (Å²) in [6.07, 6.45) is 0. The van der Waals surface area contributed by atoms with Gasteiger partial charge in [-0.1, -0.05) is 48.0 Å². The quantitative estimate of drug-likeness (QED) is 0.832. The van der Waals surface area contributed by atoms with Gasteiger partial charge in [0.25, 0.3) is 0 Å². The molecule has 2 N–H and O–H groups in total. The van der Waals surface area contributed by atoms with Crippen molar-refractivity contribution >= 4 is 11.8 Å². The van der Waals surface area contributed by atoms with Crippen LogP contribution in [-0.2, 0) is 0 Å². The van der Waals surface area contributed by atoms with Crippen LogP contribution >= 0.6 is 11.8 Å². The van der Waals surface area contributed by atoms with Crippen LogP contribution in [0.15, 0.2) is 59.5 Å². The average molecular weight is 257 g/mol. The molecule has 2 aromatic rings. The normalized spacial score (nSPS) is 14.2. The van der Waals surface area contributed by atoms with E-state index >= 15 is 0 Å². The van der Waals surface area contributed by atoms with Crippen LogP contribution in [0.3, 0.4) is 0 Å². The number of hydrogen-bond donors (Lipinski definition) is 1. The molecule has 0 saturated carbocycles. The van der Waals surface area contributed by atoms with Gasteiger partial charge in [-0.05, 0) is 31.5 Å². The molecule has 0 saturated heterocycles. The first-order valence-electron chi connectivity index (χ1n) is 6.20. The lowest BCUT2D eigenvalue weighted by atomic mass is 10.0. The highest BCUT2D eigenvalue weighted by Gasteiger charge is 2.17. The molecule has 0 aliphatic carbocycles. The van der Waals surface area contributed by atoms with E-state index < -0.39 is 0 Å². The molecule has 2 rings (SSSR count). The van der Waals surface area contributed by atoms with Crippen molar-refractivity contribution in [2.24, 2.45) is 5.73 Å². The summed E-state index contributed by atoms with van der Waals surface area (Å²) in [5.74, 6) is 0. The Kier molecular flexibility index (Phi) is 4.45. The lowest BCUT2D eigenvalue weighted by Gasteiger charge is -2.21. The zero-order valence-corrected chi connectivity index (χ0v) is 11.7. The predicted octanol–water partition coefficient (Wildman–Crippen LogP) is 4.18. The minimum Gasteiger partial charge on any atom is -0.327 e. The van der Waals surface area contributed by atoms with Crippen molar-refractivity contribution in [3.63, 3.8) is 0 Å². The molecule has 2 aromatic carbocycles. The van der Waals surface area contributed by atoms with E-state index in [1.807, 2.05) is 17.8 Å². The van der Waals surface area contributed by atoms with Crippen LogP contribution in [0, 0.1) is 6.92 Å². The van der Waals surface area contributed by atoms with Crippen molar-refractivity contribution in [1.29, 1.82) is 0 Å². The highest BCUT2D eigenvalue weighted by molar-refractivity contribution is 7.99. The van der Waals surface area contributed by atoms with Crippen molar-refractivity contribution in [3.8, 4) is 0 Å². The molecule has 2 atom stereocenters. The third-order valence-corrected chi connectivity index (χ3v) is 4.35. The van der Waals surface area contributed by atoms with Gasteiger partial charge in [0, 0.05) is 16.2 Å². The van der Waals surface area contributed by atoms with E-state index in [1.54, 1.807) is 0 Å². The van der Waals surface area contributed by atoms with Crippen molar-refractivity contribution in [2.45, 2.75) is 30.0 Å². The molecule has 2 unspecified atom stereocenters. The number of aryl methyl sites for hydroxylation is 1. The van der Waals surface area contributed by atoms with Crippen molar-refractivity contribution in [2.75, 3.05) is 0 Å². The Hall–Kier alpha value is -1.25. The maximum Gasteiger partial charge on any atom is 0.0492 e. The van der Waals surface area contributed by atoms with Crippen LogP contribution < -0.4 is 5.73 Å². The van der Waals surface area contributed by atoms with E-state index in [-0.39, 0.29) is 6.04 Å². The number of benzene rings is 2. The molecule has 0 radical (unpaired) electrons. The SMILES string of the molecule is Cc1cccc(C(Sc2ccccc2)C(C)N)c1. The van der Waals surface area contributed by atoms with Crippen molar-refractivity contribution < 1.29 is 0 Å². The fraction of sp³-hybridized carbons (Fsp3) is 0.250. The molecule has 0 heterocycles. The van der Waals surface area contributed by atoms with Gasteiger partial charge in [0.05, 0.1) is 0 Å². The lowest BCUT2D eigenvalue weighted by molar-refractivity contribution is 0.721. The van der Waals surface area contributed by atoms with E-state index in [2.05, 4.69) is 62.4 Å². The first-order chi connectivity index (χ1) is 8.66. The Balaban J connectivity index is 2.24. The summed E-state index contributed by atoms with van der Waals surface area (Å²) in [6.45, 7) is 4.19. The molecule has 0 aliphatic heterocycles. The number of rotatable bonds is 4. The second-order valence-electron chi connectivity index (χ2n) is 4.62. The van der Waals surface area contributed by atoms with Gasteiger partial charge in [0.15, 0.2) is 0 Å². The fourth-order valence-electron chi connectivity index (χ4n) is 1.97. The zero-order chi connectivity index (χ0) is 13.0. The van der Waals surface area contributed by atoms with Crippen LogP contribution in [0.4, 0.5) is 0 Å². The summed E-state index contributed by atoms with van der Waals surface area (Å²) >= 11 is 1.83. The molecular formula is C16H19NS. The van der Waals surface area contributed by atoms with E-state index in [9.17, 15) is 0 Å². The van der Waals surface area contributed by atoms with Gasteiger partial charge in [-0.3, -0.25) is 0 Å². The highest BCUT2D eigenvalue weighted by atomic mass is 32.2. The van der Waals surface area contributed by atoms with E-state index in [1.165, 1.54) is 16.0 Å². The van der Waals surface area contributed by atoms with Gasteiger partial charge < -0.3 is 5.73 Å². The molecule has 0 aromatic heterocycles. The minimum atomic E-state index is 0.122. The van der Waals surface area contributed by atoms with Crippen LogP contribution in [0.2, 0.25) is 0 Å². The Labute approximate surface area is 113 Å². The molecule has 18 heavy (non-hydrogen) atoms. The summed E-state index contributed by atoms with van der Waals surface area (Å²) in [6, 6.07) is 19.2. The van der Waals surface area contributed by atoms with Crippen molar-refractivity contribution in [1.82, 2.24) is 0 Å². The number of nitrogens with two attached hydrogens (primary N) is 1. The Morgan fingerprint density at radius 3 is 2.33 bits per heavy atom. The third kappa shape index (κ3) is 3.37. The van der Waals surface area contributed by atoms with Gasteiger partial charge in [-0.25, -0.2) is 0 Å². The second kappa shape index (κ2) is 6.07. The van der Waals surface area contributed by atoms with Crippen LogP contribution in [0.1, 0.15) is 23.3 Å². The maximum absolute atomic E-state index is 6.15. The number of thioether (sulfide) groups is 1. The van der Waals surface area contributed by atoms with Crippen molar-refractivity contribution in [3.05, 3.63) is 65.7 Å². The average Bonchev–Trinajstić information content (AvgIpc) is 2.37. The minimum absolute atomic E-state index is 0.122. The summed E-state index contributed by atoms with van der Waals surface area (Å²) in [7, 11) is 0. The van der Waals surface area contributed by atoms with Gasteiger partial charge in [-0.15, -0.1) is 11.8 Å². The molecule has 2 heteroatoms. The summed E-state index contributed by atoms with van der Waals surface area (Å²) in [5.41, 5.74) is 8.73.